The van der Waals surface area contributed by atoms with Gasteiger partial charge in [-0.3, -0.25) is 14.6 Å². The van der Waals surface area contributed by atoms with Crippen LogP contribution in [0.2, 0.25) is 0 Å². The van der Waals surface area contributed by atoms with E-state index in [0.717, 1.165) is 39.1 Å². The van der Waals surface area contributed by atoms with Gasteiger partial charge in [-0.15, -0.1) is 0 Å². The average Bonchev–Trinajstić information content (AvgIpc) is 2.61. The van der Waals surface area contributed by atoms with E-state index in [-0.39, 0.29) is 5.91 Å². The fourth-order valence-corrected chi connectivity index (χ4v) is 4.12. The zero-order valence-electron chi connectivity index (χ0n) is 15.8. The van der Waals surface area contributed by atoms with Gasteiger partial charge in [0.25, 0.3) is 0 Å². The van der Waals surface area contributed by atoms with Gasteiger partial charge in [-0.05, 0) is 36.8 Å². The minimum Gasteiger partial charge on any atom is -0.352 e. The molecule has 1 amide bonds. The monoisotopic (exact) mass is 343 g/mol. The van der Waals surface area contributed by atoms with Crippen LogP contribution in [-0.2, 0) is 11.3 Å². The molecule has 138 valence electrons. The lowest BCUT2D eigenvalue weighted by Gasteiger charge is -2.35. The van der Waals surface area contributed by atoms with Gasteiger partial charge in [-0.25, -0.2) is 0 Å². The molecular formula is C21H33N3O. The number of hydrogen-bond acceptors (Lipinski definition) is 3. The molecule has 0 unspecified atom stereocenters. The van der Waals surface area contributed by atoms with Gasteiger partial charge in [0.15, 0.2) is 0 Å². The summed E-state index contributed by atoms with van der Waals surface area (Å²) in [5, 5.41) is 3.28. The van der Waals surface area contributed by atoms with Crippen LogP contribution in [0.25, 0.3) is 0 Å². The van der Waals surface area contributed by atoms with Crippen molar-refractivity contribution in [1.82, 2.24) is 15.1 Å². The Bertz CT molecular complexity index is 566. The fourth-order valence-electron chi connectivity index (χ4n) is 4.12. The minimum atomic E-state index is 0.214. The van der Waals surface area contributed by atoms with Crippen molar-refractivity contribution in [1.29, 1.82) is 0 Å². The third kappa shape index (κ3) is 5.29. The maximum absolute atomic E-state index is 12.4. The quantitative estimate of drug-likeness (QED) is 0.893. The summed E-state index contributed by atoms with van der Waals surface area (Å²) >= 11 is 0. The van der Waals surface area contributed by atoms with Gasteiger partial charge >= 0.3 is 0 Å². The molecule has 25 heavy (non-hydrogen) atoms. The Morgan fingerprint density at radius 3 is 2.48 bits per heavy atom. The predicted molar refractivity (Wildman–Crippen MR) is 102 cm³/mol. The maximum atomic E-state index is 12.4. The number of carbonyl (C=O) groups excluding carboxylic acids is 1. The van der Waals surface area contributed by atoms with Crippen LogP contribution in [0.5, 0.6) is 0 Å². The summed E-state index contributed by atoms with van der Waals surface area (Å²) in [5.74, 6) is 0.842. The van der Waals surface area contributed by atoms with Gasteiger partial charge in [-0.2, -0.15) is 0 Å². The van der Waals surface area contributed by atoms with Crippen LogP contribution in [0.3, 0.4) is 0 Å². The molecule has 4 nitrogen and oxygen atoms in total. The van der Waals surface area contributed by atoms with Gasteiger partial charge in [0, 0.05) is 38.8 Å². The molecule has 0 bridgehead atoms. The van der Waals surface area contributed by atoms with E-state index in [2.05, 4.69) is 53.2 Å². The van der Waals surface area contributed by atoms with Crippen molar-refractivity contribution in [3.05, 3.63) is 35.4 Å². The van der Waals surface area contributed by atoms with Crippen LogP contribution in [0.15, 0.2) is 24.3 Å². The van der Waals surface area contributed by atoms with Crippen molar-refractivity contribution in [3.8, 4) is 0 Å². The van der Waals surface area contributed by atoms with Crippen LogP contribution in [-0.4, -0.2) is 54.5 Å². The van der Waals surface area contributed by atoms with Crippen LogP contribution >= 0.6 is 0 Å². The Balaban J connectivity index is 1.40. The number of piperazine rings is 1. The smallest absolute Gasteiger partial charge is 0.234 e. The fraction of sp³-hybridized carbons (Fsp3) is 0.667. The first kappa shape index (κ1) is 18.4. The number of hydrogen-bond donors (Lipinski definition) is 1. The molecular weight excluding hydrogens is 310 g/mol. The lowest BCUT2D eigenvalue weighted by molar-refractivity contribution is -0.124. The van der Waals surface area contributed by atoms with E-state index in [9.17, 15) is 4.79 Å². The average molecular weight is 344 g/mol. The van der Waals surface area contributed by atoms with E-state index in [4.69, 9.17) is 0 Å². The first-order valence-corrected chi connectivity index (χ1v) is 9.90. The van der Waals surface area contributed by atoms with Gasteiger partial charge in [-0.1, -0.05) is 44.0 Å². The van der Waals surface area contributed by atoms with Crippen molar-refractivity contribution in [2.45, 2.75) is 52.1 Å². The van der Waals surface area contributed by atoms with Gasteiger partial charge in [0.2, 0.25) is 5.91 Å². The van der Waals surface area contributed by atoms with E-state index in [1.54, 1.807) is 0 Å². The Morgan fingerprint density at radius 2 is 1.76 bits per heavy atom. The van der Waals surface area contributed by atoms with Crippen LogP contribution < -0.4 is 5.32 Å². The van der Waals surface area contributed by atoms with E-state index in [1.807, 2.05) is 0 Å². The molecule has 1 N–H and O–H groups in total. The number of nitrogens with one attached hydrogen (secondary N) is 1. The number of benzene rings is 1. The number of amides is 1. The molecule has 1 heterocycles. The lowest BCUT2D eigenvalue weighted by atomic mass is 9.86. The maximum Gasteiger partial charge on any atom is 0.234 e. The predicted octanol–water partition coefficient (Wildman–Crippen LogP) is 2.81. The summed E-state index contributed by atoms with van der Waals surface area (Å²) in [6, 6.07) is 9.02. The Hall–Kier alpha value is -1.39. The highest BCUT2D eigenvalue weighted by atomic mass is 16.2. The first-order chi connectivity index (χ1) is 12.1. The third-order valence-corrected chi connectivity index (χ3v) is 5.95. The standard InChI is InChI=1S/C21H33N3O/c1-17-7-3-5-9-19(17)15-23-11-13-24(14-12-23)16-21(25)22-20-10-6-4-8-18(20)2/h3,5,7,9,18,20H,4,6,8,10-16H2,1-2H3,(H,22,25)/t18-,20+/m0/s1. The first-order valence-electron chi connectivity index (χ1n) is 9.90. The SMILES string of the molecule is Cc1ccccc1CN1CCN(CC(=O)N[C@@H]2CCCC[C@@H]2C)CC1. The summed E-state index contributed by atoms with van der Waals surface area (Å²) in [7, 11) is 0. The summed E-state index contributed by atoms with van der Waals surface area (Å²) < 4.78 is 0. The zero-order chi connectivity index (χ0) is 17.6. The number of rotatable bonds is 5. The topological polar surface area (TPSA) is 35.6 Å². The third-order valence-electron chi connectivity index (χ3n) is 5.95. The highest BCUT2D eigenvalue weighted by Crippen LogP contribution is 2.23. The second-order valence-corrected chi connectivity index (χ2v) is 7.91. The molecule has 1 aliphatic heterocycles. The molecule has 2 fully saturated rings. The highest BCUT2D eigenvalue weighted by Gasteiger charge is 2.24. The van der Waals surface area contributed by atoms with Crippen LogP contribution in [0.1, 0.15) is 43.7 Å². The zero-order valence-corrected chi connectivity index (χ0v) is 15.8. The molecule has 4 heteroatoms. The number of nitrogens with zero attached hydrogens (tertiary/aromatic N) is 2. The number of aryl methyl sites for hydroxylation is 1. The molecule has 2 atom stereocenters. The normalized spacial score (nSPS) is 25.7. The van der Waals surface area contributed by atoms with E-state index >= 15 is 0 Å². The summed E-state index contributed by atoms with van der Waals surface area (Å²) in [6.45, 7) is 10.1. The summed E-state index contributed by atoms with van der Waals surface area (Å²) in [6.07, 6.45) is 4.98. The Labute approximate surface area is 152 Å². The van der Waals surface area contributed by atoms with Gasteiger partial charge in [0.1, 0.15) is 0 Å². The minimum absolute atomic E-state index is 0.214. The van der Waals surface area contributed by atoms with Crippen molar-refractivity contribution in [3.63, 3.8) is 0 Å². The molecule has 2 aliphatic rings. The molecule has 1 saturated carbocycles. The lowest BCUT2D eigenvalue weighted by Crippen LogP contribution is -2.51. The van der Waals surface area contributed by atoms with Gasteiger partial charge < -0.3 is 5.32 Å². The molecule has 0 radical (unpaired) electrons. The largest absolute Gasteiger partial charge is 0.352 e. The molecule has 1 aromatic rings. The number of carbonyl (C=O) groups is 1. The highest BCUT2D eigenvalue weighted by molar-refractivity contribution is 5.78. The second-order valence-electron chi connectivity index (χ2n) is 7.91. The molecule has 0 spiro atoms. The Kier molecular flexibility index (Phi) is 6.49. The van der Waals surface area contributed by atoms with E-state index in [0.29, 0.717) is 18.5 Å². The van der Waals surface area contributed by atoms with Crippen molar-refractivity contribution in [2.24, 2.45) is 5.92 Å². The van der Waals surface area contributed by atoms with Crippen molar-refractivity contribution >= 4 is 5.91 Å². The van der Waals surface area contributed by atoms with Crippen molar-refractivity contribution < 1.29 is 4.79 Å². The van der Waals surface area contributed by atoms with E-state index in [1.165, 1.54) is 30.4 Å². The molecule has 0 aromatic heterocycles. The molecule has 1 saturated heterocycles. The van der Waals surface area contributed by atoms with Crippen LogP contribution in [0.4, 0.5) is 0 Å². The van der Waals surface area contributed by atoms with Gasteiger partial charge in [0.05, 0.1) is 6.54 Å². The summed E-state index contributed by atoms with van der Waals surface area (Å²) in [5.41, 5.74) is 2.78. The Morgan fingerprint density at radius 1 is 1.08 bits per heavy atom. The molecule has 1 aliphatic carbocycles. The second kappa shape index (κ2) is 8.81. The summed E-state index contributed by atoms with van der Waals surface area (Å²) in [4.78, 5) is 17.2. The van der Waals surface area contributed by atoms with Crippen molar-refractivity contribution in [2.75, 3.05) is 32.7 Å². The van der Waals surface area contributed by atoms with Crippen LogP contribution in [0, 0.1) is 12.8 Å². The van der Waals surface area contributed by atoms with E-state index < -0.39 is 0 Å². The molecule has 1 aromatic carbocycles. The molecule has 3 rings (SSSR count).